The van der Waals surface area contributed by atoms with Crippen LogP contribution in [0.25, 0.3) is 0 Å². The molecular formula is C23H24N2O3S. The lowest BCUT2D eigenvalue weighted by molar-refractivity contribution is -0.146. The molecule has 29 heavy (non-hydrogen) atoms. The number of likely N-dealkylation sites (tertiary alicyclic amines) is 1. The van der Waals surface area contributed by atoms with Gasteiger partial charge in [0.1, 0.15) is 6.54 Å². The third-order valence-corrected chi connectivity index (χ3v) is 6.55. The van der Waals surface area contributed by atoms with Gasteiger partial charge in [-0.05, 0) is 36.3 Å². The van der Waals surface area contributed by atoms with Crippen LogP contribution < -0.4 is 0 Å². The van der Waals surface area contributed by atoms with Gasteiger partial charge in [-0.25, -0.2) is 0 Å². The molecule has 1 fully saturated rings. The maximum absolute atomic E-state index is 13.1. The zero-order chi connectivity index (χ0) is 20.2. The fourth-order valence-electron chi connectivity index (χ4n) is 4.05. The molecule has 4 rings (SSSR count). The number of hydrogen-bond donors (Lipinski definition) is 0. The largest absolute Gasteiger partial charge is 0.336 e. The molecule has 0 N–H and O–H groups in total. The Morgan fingerprint density at radius 3 is 2.31 bits per heavy atom. The van der Waals surface area contributed by atoms with Crippen molar-refractivity contribution in [2.24, 2.45) is 11.8 Å². The summed E-state index contributed by atoms with van der Waals surface area (Å²) in [7, 11) is 0. The molecule has 5 nitrogen and oxygen atoms in total. The first kappa shape index (κ1) is 19.6. The lowest BCUT2D eigenvalue weighted by Gasteiger charge is -2.25. The fraction of sp³-hybridized carbons (Fsp3) is 0.348. The average molecular weight is 409 g/mol. The third-order valence-electron chi connectivity index (χ3n) is 5.68. The van der Waals surface area contributed by atoms with Crippen LogP contribution in [0.15, 0.2) is 60.0 Å². The molecule has 3 amide bonds. The summed E-state index contributed by atoms with van der Waals surface area (Å²) in [6, 6.07) is 14.0. The van der Waals surface area contributed by atoms with Gasteiger partial charge in [0.25, 0.3) is 0 Å². The topological polar surface area (TPSA) is 57.7 Å². The van der Waals surface area contributed by atoms with E-state index in [0.717, 1.165) is 16.9 Å². The van der Waals surface area contributed by atoms with Crippen molar-refractivity contribution < 1.29 is 14.4 Å². The summed E-state index contributed by atoms with van der Waals surface area (Å²) in [6.07, 6.45) is 5.83. The minimum Gasteiger partial charge on any atom is -0.336 e. The number of thiophene rings is 1. The second-order valence-electron chi connectivity index (χ2n) is 7.55. The Kier molecular flexibility index (Phi) is 5.90. The molecule has 2 aliphatic rings. The van der Waals surface area contributed by atoms with Gasteiger partial charge >= 0.3 is 0 Å². The maximum atomic E-state index is 13.1. The van der Waals surface area contributed by atoms with Crippen LogP contribution in [0, 0.1) is 11.8 Å². The van der Waals surface area contributed by atoms with Gasteiger partial charge in [-0.1, -0.05) is 48.6 Å². The van der Waals surface area contributed by atoms with Crippen molar-refractivity contribution in [3.8, 4) is 0 Å². The first-order valence-electron chi connectivity index (χ1n) is 9.98. The molecule has 2 atom stereocenters. The Morgan fingerprint density at radius 1 is 1.00 bits per heavy atom. The van der Waals surface area contributed by atoms with Gasteiger partial charge < -0.3 is 4.90 Å². The molecule has 0 saturated carbocycles. The predicted octanol–water partition coefficient (Wildman–Crippen LogP) is 3.27. The second-order valence-corrected chi connectivity index (χ2v) is 8.58. The summed E-state index contributed by atoms with van der Waals surface area (Å²) in [6.45, 7) is 0.879. The molecule has 150 valence electrons. The fourth-order valence-corrected chi connectivity index (χ4v) is 4.77. The molecular weight excluding hydrogens is 384 g/mol. The van der Waals surface area contributed by atoms with E-state index in [0.29, 0.717) is 25.9 Å². The van der Waals surface area contributed by atoms with Crippen LogP contribution in [0.2, 0.25) is 0 Å². The second kappa shape index (κ2) is 8.74. The van der Waals surface area contributed by atoms with E-state index >= 15 is 0 Å². The van der Waals surface area contributed by atoms with E-state index < -0.39 is 0 Å². The Morgan fingerprint density at radius 2 is 1.69 bits per heavy atom. The van der Waals surface area contributed by atoms with Crippen molar-refractivity contribution in [3.63, 3.8) is 0 Å². The summed E-state index contributed by atoms with van der Waals surface area (Å²) in [4.78, 5) is 42.6. The summed E-state index contributed by atoms with van der Waals surface area (Å²) >= 11 is 1.60. The maximum Gasteiger partial charge on any atom is 0.243 e. The van der Waals surface area contributed by atoms with Crippen molar-refractivity contribution in [2.75, 3.05) is 13.1 Å². The number of fused-ring (bicyclic) bond motifs is 1. The van der Waals surface area contributed by atoms with E-state index in [1.807, 2.05) is 60.0 Å². The molecule has 1 saturated heterocycles. The van der Waals surface area contributed by atoms with Crippen LogP contribution >= 0.6 is 11.3 Å². The number of carbonyl (C=O) groups is 3. The lowest BCUT2D eigenvalue weighted by atomic mass is 9.85. The van der Waals surface area contributed by atoms with Gasteiger partial charge in [-0.15, -0.1) is 11.3 Å². The van der Waals surface area contributed by atoms with E-state index in [4.69, 9.17) is 0 Å². The van der Waals surface area contributed by atoms with Gasteiger partial charge in [0.15, 0.2) is 0 Å². The number of allylic oxidation sites excluding steroid dienone is 2. The standard InChI is InChI=1S/C23H24N2O3S/c26-21(16-25-22(27)19-10-4-5-11-20(19)23(25)28)24(15-18-9-6-14-29-18)13-12-17-7-2-1-3-8-17/h1-9,14,19-20H,10-13,15-16H2. The summed E-state index contributed by atoms with van der Waals surface area (Å²) in [5, 5.41) is 1.99. The Hall–Kier alpha value is -2.73. The van der Waals surface area contributed by atoms with Gasteiger partial charge in [-0.2, -0.15) is 0 Å². The van der Waals surface area contributed by atoms with Crippen molar-refractivity contribution in [1.82, 2.24) is 9.80 Å². The van der Waals surface area contributed by atoms with E-state index in [2.05, 4.69) is 0 Å². The zero-order valence-electron chi connectivity index (χ0n) is 16.2. The van der Waals surface area contributed by atoms with Crippen molar-refractivity contribution in [1.29, 1.82) is 0 Å². The molecule has 2 heterocycles. The summed E-state index contributed by atoms with van der Waals surface area (Å²) < 4.78 is 0. The van der Waals surface area contributed by atoms with E-state index in [-0.39, 0.29) is 36.1 Å². The lowest BCUT2D eigenvalue weighted by Crippen LogP contribution is -2.43. The minimum absolute atomic E-state index is 0.162. The monoisotopic (exact) mass is 408 g/mol. The van der Waals surface area contributed by atoms with E-state index in [1.54, 1.807) is 16.2 Å². The van der Waals surface area contributed by atoms with Crippen molar-refractivity contribution in [2.45, 2.75) is 25.8 Å². The van der Waals surface area contributed by atoms with Crippen LogP contribution in [-0.2, 0) is 27.3 Å². The highest BCUT2D eigenvalue weighted by Gasteiger charge is 2.47. The molecule has 1 aromatic heterocycles. The van der Waals surface area contributed by atoms with Gasteiger partial charge in [0.05, 0.1) is 18.4 Å². The van der Waals surface area contributed by atoms with Crippen LogP contribution in [0.3, 0.4) is 0 Å². The number of rotatable bonds is 7. The normalized spacial score (nSPS) is 20.8. The smallest absolute Gasteiger partial charge is 0.243 e. The average Bonchev–Trinajstić information content (AvgIpc) is 3.35. The molecule has 2 aromatic rings. The van der Waals surface area contributed by atoms with Crippen LogP contribution in [0.4, 0.5) is 0 Å². The van der Waals surface area contributed by atoms with Crippen molar-refractivity contribution in [3.05, 3.63) is 70.4 Å². The molecule has 6 heteroatoms. The SMILES string of the molecule is O=C(CN1C(=O)C2CC=CCC2C1=O)N(CCc1ccccc1)Cc1cccs1. The third kappa shape index (κ3) is 4.32. The highest BCUT2D eigenvalue weighted by Crippen LogP contribution is 2.35. The van der Waals surface area contributed by atoms with Crippen LogP contribution in [0.5, 0.6) is 0 Å². The number of amides is 3. The first-order valence-corrected chi connectivity index (χ1v) is 10.9. The minimum atomic E-state index is -0.296. The number of hydrogen-bond acceptors (Lipinski definition) is 4. The Bertz CT molecular complexity index is 881. The van der Waals surface area contributed by atoms with Crippen LogP contribution in [0.1, 0.15) is 23.3 Å². The number of nitrogens with zero attached hydrogens (tertiary/aromatic N) is 2. The molecule has 2 unspecified atom stereocenters. The number of benzene rings is 1. The van der Waals surface area contributed by atoms with Gasteiger partial charge in [0.2, 0.25) is 17.7 Å². The highest BCUT2D eigenvalue weighted by molar-refractivity contribution is 7.09. The molecule has 1 aromatic carbocycles. The summed E-state index contributed by atoms with van der Waals surface area (Å²) in [5.41, 5.74) is 1.15. The number of carbonyl (C=O) groups excluding carboxylic acids is 3. The molecule has 0 radical (unpaired) electrons. The summed E-state index contributed by atoms with van der Waals surface area (Å²) in [5.74, 6) is -1.16. The quantitative estimate of drug-likeness (QED) is 0.522. The van der Waals surface area contributed by atoms with Gasteiger partial charge in [-0.3, -0.25) is 19.3 Å². The molecule has 1 aliphatic heterocycles. The van der Waals surface area contributed by atoms with Crippen molar-refractivity contribution >= 4 is 29.1 Å². The zero-order valence-corrected chi connectivity index (χ0v) is 17.0. The van der Waals surface area contributed by atoms with E-state index in [1.165, 1.54) is 4.90 Å². The van der Waals surface area contributed by atoms with E-state index in [9.17, 15) is 14.4 Å². The van der Waals surface area contributed by atoms with Crippen LogP contribution in [-0.4, -0.2) is 40.6 Å². The Labute approximate surface area is 174 Å². The highest BCUT2D eigenvalue weighted by atomic mass is 32.1. The number of imide groups is 1. The predicted molar refractivity (Wildman–Crippen MR) is 112 cm³/mol. The van der Waals surface area contributed by atoms with Gasteiger partial charge in [0, 0.05) is 11.4 Å². The Balaban J connectivity index is 1.45. The first-order chi connectivity index (χ1) is 14.1. The molecule has 1 aliphatic carbocycles. The molecule has 0 spiro atoms. The molecule has 0 bridgehead atoms.